The molecule has 0 aromatic heterocycles. The van der Waals surface area contributed by atoms with Crippen molar-refractivity contribution in [1.29, 1.82) is 0 Å². The lowest BCUT2D eigenvalue weighted by Gasteiger charge is -2.26. The van der Waals surface area contributed by atoms with E-state index in [0.29, 0.717) is 6.07 Å². The molecule has 1 unspecified atom stereocenters. The molecule has 0 aliphatic heterocycles. The molecule has 2 rings (SSSR count). The van der Waals surface area contributed by atoms with E-state index in [1.807, 2.05) is 0 Å². The third kappa shape index (κ3) is 2.77. The SMILES string of the molecule is CN(C(CN)C1CC1)S(=O)(=O)c1ccc(F)cc1F. The van der Waals surface area contributed by atoms with Crippen LogP contribution in [0.4, 0.5) is 8.78 Å². The molecule has 1 aromatic rings. The van der Waals surface area contributed by atoms with Crippen LogP contribution in [-0.2, 0) is 10.0 Å². The Hall–Kier alpha value is -1.05. The van der Waals surface area contributed by atoms with Crippen LogP contribution in [0.1, 0.15) is 12.8 Å². The van der Waals surface area contributed by atoms with Gasteiger partial charge in [0.25, 0.3) is 0 Å². The van der Waals surface area contributed by atoms with E-state index in [0.717, 1.165) is 29.3 Å². The third-order valence-electron chi connectivity index (χ3n) is 3.43. The van der Waals surface area contributed by atoms with Crippen molar-refractivity contribution in [2.75, 3.05) is 13.6 Å². The van der Waals surface area contributed by atoms with Crippen LogP contribution in [0.5, 0.6) is 0 Å². The van der Waals surface area contributed by atoms with E-state index in [1.54, 1.807) is 0 Å². The van der Waals surface area contributed by atoms with Gasteiger partial charge in [-0.05, 0) is 30.9 Å². The Labute approximate surface area is 111 Å². The van der Waals surface area contributed by atoms with E-state index >= 15 is 0 Å². The van der Waals surface area contributed by atoms with Crippen LogP contribution in [0.25, 0.3) is 0 Å². The zero-order valence-corrected chi connectivity index (χ0v) is 11.3. The van der Waals surface area contributed by atoms with Crippen LogP contribution in [0, 0.1) is 17.6 Å². The van der Waals surface area contributed by atoms with E-state index in [9.17, 15) is 17.2 Å². The Morgan fingerprint density at radius 2 is 2.05 bits per heavy atom. The molecule has 2 N–H and O–H groups in total. The van der Waals surface area contributed by atoms with Gasteiger partial charge in [-0.1, -0.05) is 0 Å². The first-order chi connectivity index (χ1) is 8.87. The van der Waals surface area contributed by atoms with Crippen molar-refractivity contribution < 1.29 is 17.2 Å². The lowest BCUT2D eigenvalue weighted by atomic mass is 10.2. The van der Waals surface area contributed by atoms with Crippen molar-refractivity contribution in [3.05, 3.63) is 29.8 Å². The van der Waals surface area contributed by atoms with Crippen LogP contribution < -0.4 is 5.73 Å². The summed E-state index contributed by atoms with van der Waals surface area (Å²) in [5, 5.41) is 0. The van der Waals surface area contributed by atoms with Gasteiger partial charge in [0.2, 0.25) is 10.0 Å². The minimum Gasteiger partial charge on any atom is -0.329 e. The van der Waals surface area contributed by atoms with Crippen molar-refractivity contribution in [2.24, 2.45) is 11.7 Å². The first-order valence-corrected chi connectivity index (χ1v) is 7.45. The van der Waals surface area contributed by atoms with Crippen LogP contribution in [0.15, 0.2) is 23.1 Å². The summed E-state index contributed by atoms with van der Waals surface area (Å²) >= 11 is 0. The van der Waals surface area contributed by atoms with E-state index in [4.69, 9.17) is 5.73 Å². The highest BCUT2D eigenvalue weighted by molar-refractivity contribution is 7.89. The minimum absolute atomic E-state index is 0.184. The predicted molar refractivity (Wildman–Crippen MR) is 66.9 cm³/mol. The van der Waals surface area contributed by atoms with Gasteiger partial charge in [0.1, 0.15) is 16.5 Å². The normalized spacial score (nSPS) is 17.7. The zero-order chi connectivity index (χ0) is 14.2. The number of nitrogens with zero attached hydrogens (tertiary/aromatic N) is 1. The fraction of sp³-hybridized carbons (Fsp3) is 0.500. The van der Waals surface area contributed by atoms with Crippen molar-refractivity contribution >= 4 is 10.0 Å². The number of halogens is 2. The number of likely N-dealkylation sites (N-methyl/N-ethyl adjacent to an activating group) is 1. The lowest BCUT2D eigenvalue weighted by Crippen LogP contribution is -2.43. The zero-order valence-electron chi connectivity index (χ0n) is 10.5. The monoisotopic (exact) mass is 290 g/mol. The van der Waals surface area contributed by atoms with Crippen LogP contribution in [0.3, 0.4) is 0 Å². The molecule has 19 heavy (non-hydrogen) atoms. The molecule has 0 radical (unpaired) electrons. The van der Waals surface area contributed by atoms with Crippen molar-refractivity contribution in [3.8, 4) is 0 Å². The summed E-state index contributed by atoms with van der Waals surface area (Å²) in [6.07, 6.45) is 1.85. The van der Waals surface area contributed by atoms with E-state index in [1.165, 1.54) is 7.05 Å². The highest BCUT2D eigenvalue weighted by Crippen LogP contribution is 2.36. The molecule has 1 aliphatic carbocycles. The summed E-state index contributed by atoms with van der Waals surface area (Å²) in [4.78, 5) is -0.518. The smallest absolute Gasteiger partial charge is 0.246 e. The molecule has 7 heteroatoms. The Morgan fingerprint density at radius 1 is 1.42 bits per heavy atom. The maximum Gasteiger partial charge on any atom is 0.246 e. The lowest BCUT2D eigenvalue weighted by molar-refractivity contribution is 0.339. The number of hydrogen-bond acceptors (Lipinski definition) is 3. The van der Waals surface area contributed by atoms with Crippen molar-refractivity contribution in [1.82, 2.24) is 4.31 Å². The molecule has 0 bridgehead atoms. The minimum atomic E-state index is -3.99. The fourth-order valence-corrected chi connectivity index (χ4v) is 3.61. The second-order valence-corrected chi connectivity index (χ2v) is 6.70. The van der Waals surface area contributed by atoms with Gasteiger partial charge < -0.3 is 5.73 Å². The maximum atomic E-state index is 13.6. The Bertz CT molecular complexity index is 573. The molecule has 0 amide bonds. The van der Waals surface area contributed by atoms with E-state index in [2.05, 4.69) is 0 Å². The molecule has 1 aromatic carbocycles. The molecule has 106 valence electrons. The molecule has 1 aliphatic rings. The molecule has 1 saturated carbocycles. The highest BCUT2D eigenvalue weighted by atomic mass is 32.2. The van der Waals surface area contributed by atoms with Gasteiger partial charge in [-0.2, -0.15) is 4.31 Å². The summed E-state index contributed by atoms with van der Waals surface area (Å²) in [5.74, 6) is -1.66. The Morgan fingerprint density at radius 3 is 2.53 bits per heavy atom. The first kappa shape index (κ1) is 14.4. The van der Waals surface area contributed by atoms with Crippen molar-refractivity contribution in [2.45, 2.75) is 23.8 Å². The fourth-order valence-electron chi connectivity index (χ4n) is 2.14. The summed E-state index contributed by atoms with van der Waals surface area (Å²) in [5.41, 5.74) is 5.59. The van der Waals surface area contributed by atoms with Crippen molar-refractivity contribution in [3.63, 3.8) is 0 Å². The second-order valence-electron chi connectivity index (χ2n) is 4.74. The number of sulfonamides is 1. The molecule has 1 fully saturated rings. The molecular formula is C12H16F2N2O2S. The molecule has 0 spiro atoms. The van der Waals surface area contributed by atoms with Crippen LogP contribution in [-0.4, -0.2) is 32.4 Å². The van der Waals surface area contributed by atoms with Gasteiger partial charge in [0, 0.05) is 25.7 Å². The average Bonchev–Trinajstić information content (AvgIpc) is 3.13. The van der Waals surface area contributed by atoms with Gasteiger partial charge in [-0.25, -0.2) is 17.2 Å². The Balaban J connectivity index is 2.35. The molecule has 0 saturated heterocycles. The van der Waals surface area contributed by atoms with E-state index < -0.39 is 26.6 Å². The standard InChI is InChI=1S/C12H16F2N2O2S/c1-16(11(7-15)8-2-3-8)19(17,18)12-5-4-9(13)6-10(12)14/h4-6,8,11H,2-3,7,15H2,1H3. The summed E-state index contributed by atoms with van der Waals surface area (Å²) in [7, 11) is -2.61. The Kier molecular flexibility index (Phi) is 3.89. The van der Waals surface area contributed by atoms with E-state index in [-0.39, 0.29) is 18.5 Å². The number of nitrogens with two attached hydrogens (primary N) is 1. The number of rotatable bonds is 5. The van der Waals surface area contributed by atoms with Crippen LogP contribution in [0.2, 0.25) is 0 Å². The topological polar surface area (TPSA) is 63.4 Å². The molecule has 1 atom stereocenters. The number of hydrogen-bond donors (Lipinski definition) is 1. The summed E-state index contributed by atoms with van der Waals surface area (Å²) < 4.78 is 52.2. The van der Waals surface area contributed by atoms with Crippen LogP contribution >= 0.6 is 0 Å². The second kappa shape index (κ2) is 5.15. The maximum absolute atomic E-state index is 13.6. The summed E-state index contributed by atoms with van der Waals surface area (Å²) in [6, 6.07) is 2.10. The quantitative estimate of drug-likeness (QED) is 0.889. The third-order valence-corrected chi connectivity index (χ3v) is 5.34. The highest BCUT2D eigenvalue weighted by Gasteiger charge is 2.38. The van der Waals surface area contributed by atoms with Gasteiger partial charge >= 0.3 is 0 Å². The molecular weight excluding hydrogens is 274 g/mol. The largest absolute Gasteiger partial charge is 0.329 e. The first-order valence-electron chi connectivity index (χ1n) is 6.01. The van der Waals surface area contributed by atoms with Gasteiger partial charge in [0.05, 0.1) is 0 Å². The van der Waals surface area contributed by atoms with Gasteiger partial charge in [-0.3, -0.25) is 0 Å². The molecule has 0 heterocycles. The van der Waals surface area contributed by atoms with Gasteiger partial charge in [-0.15, -0.1) is 0 Å². The average molecular weight is 290 g/mol. The molecule has 4 nitrogen and oxygen atoms in total. The summed E-state index contributed by atoms with van der Waals surface area (Å²) in [6.45, 7) is 0.184. The predicted octanol–water partition coefficient (Wildman–Crippen LogP) is 1.32. The number of benzene rings is 1. The van der Waals surface area contributed by atoms with Gasteiger partial charge in [0.15, 0.2) is 0 Å².